The Bertz CT molecular complexity index is 465. The number of carboxylic acid groups (broad SMARTS) is 2. The first kappa shape index (κ1) is 17.6. The summed E-state index contributed by atoms with van der Waals surface area (Å²) in [6.07, 6.45) is -2.08. The summed E-state index contributed by atoms with van der Waals surface area (Å²) in [5.41, 5.74) is 1.76. The Kier molecular flexibility index (Phi) is 7.98. The molecular formula is C13H9F2NaO3. The van der Waals surface area contributed by atoms with Gasteiger partial charge in [0, 0.05) is 0 Å². The van der Waals surface area contributed by atoms with Gasteiger partial charge in [0.25, 0.3) is 0 Å². The van der Waals surface area contributed by atoms with Crippen molar-refractivity contribution in [3.05, 3.63) is 60.2 Å². The van der Waals surface area contributed by atoms with Crippen LogP contribution in [0.4, 0.5) is 13.6 Å². The molecule has 6 heteroatoms. The largest absolute Gasteiger partial charge is 1.00 e. The van der Waals surface area contributed by atoms with Gasteiger partial charge in [0.2, 0.25) is 6.16 Å². The molecule has 0 bridgehead atoms. The monoisotopic (exact) mass is 274 g/mol. The molecular weight excluding hydrogens is 265 g/mol. The molecule has 0 heterocycles. The molecule has 0 atom stereocenters. The number of hydrogen-bond acceptors (Lipinski definition) is 2. The average Bonchev–Trinajstić information content (AvgIpc) is 2.31. The quantitative estimate of drug-likeness (QED) is 0.715. The molecule has 0 radical (unpaired) electrons. The maximum Gasteiger partial charge on any atom is 1.00 e. The van der Waals surface area contributed by atoms with Gasteiger partial charge in [-0.2, -0.15) is 0 Å². The Balaban J connectivity index is 0.000000576. The first-order valence-electron chi connectivity index (χ1n) is 4.90. The van der Waals surface area contributed by atoms with Crippen LogP contribution in [0.25, 0.3) is 11.1 Å². The summed E-state index contributed by atoms with van der Waals surface area (Å²) >= 11 is 0. The number of carbonyl (C=O) groups is 1. The Hall–Kier alpha value is -1.43. The van der Waals surface area contributed by atoms with E-state index in [1.807, 2.05) is 0 Å². The van der Waals surface area contributed by atoms with Crippen molar-refractivity contribution in [1.29, 1.82) is 0 Å². The van der Waals surface area contributed by atoms with Gasteiger partial charge in [0.05, 0.1) is 0 Å². The smallest absolute Gasteiger partial charge is 0.565 e. The fraction of sp³-hybridized carbons (Fsp3) is 0. The molecule has 94 valence electrons. The van der Waals surface area contributed by atoms with E-state index in [-0.39, 0.29) is 41.2 Å². The van der Waals surface area contributed by atoms with Crippen LogP contribution < -0.4 is 34.7 Å². The molecule has 0 aliphatic heterocycles. The minimum atomic E-state index is -2.08. The van der Waals surface area contributed by atoms with Crippen molar-refractivity contribution in [2.75, 3.05) is 0 Å². The van der Waals surface area contributed by atoms with Gasteiger partial charge in [-0.25, -0.2) is 8.78 Å². The average molecular weight is 274 g/mol. The number of benzene rings is 2. The molecule has 0 aliphatic rings. The van der Waals surface area contributed by atoms with Crippen molar-refractivity contribution in [3.8, 4) is 11.1 Å². The first-order valence-corrected chi connectivity index (χ1v) is 4.90. The van der Waals surface area contributed by atoms with Gasteiger partial charge in [-0.05, 0) is 35.4 Å². The predicted molar refractivity (Wildman–Crippen MR) is 59.8 cm³/mol. The summed E-state index contributed by atoms with van der Waals surface area (Å²) in [4.78, 5) is 8.44. The number of halogens is 2. The van der Waals surface area contributed by atoms with Gasteiger partial charge in [-0.3, -0.25) is 0 Å². The molecule has 0 aromatic heterocycles. The zero-order chi connectivity index (χ0) is 13.5. The Labute approximate surface area is 130 Å². The van der Waals surface area contributed by atoms with Crippen LogP contribution in [0.3, 0.4) is 0 Å². The molecule has 0 saturated heterocycles. The fourth-order valence-electron chi connectivity index (χ4n) is 1.28. The second-order valence-electron chi connectivity index (χ2n) is 3.28. The van der Waals surface area contributed by atoms with E-state index in [1.54, 1.807) is 24.3 Å². The van der Waals surface area contributed by atoms with Gasteiger partial charge in [0.15, 0.2) is 0 Å². The van der Waals surface area contributed by atoms with Crippen molar-refractivity contribution in [1.82, 2.24) is 0 Å². The van der Waals surface area contributed by atoms with Gasteiger partial charge in [0.1, 0.15) is 11.6 Å². The van der Waals surface area contributed by atoms with E-state index in [1.165, 1.54) is 24.3 Å². The summed E-state index contributed by atoms with van der Waals surface area (Å²) in [6.45, 7) is 0. The normalized spacial score (nSPS) is 8.74. The van der Waals surface area contributed by atoms with Crippen LogP contribution in [0.15, 0.2) is 48.5 Å². The van der Waals surface area contributed by atoms with Gasteiger partial charge >= 0.3 is 29.6 Å². The summed E-state index contributed by atoms with van der Waals surface area (Å²) in [7, 11) is 0. The van der Waals surface area contributed by atoms with E-state index in [0.717, 1.165) is 11.1 Å². The molecule has 0 unspecified atom stereocenters. The van der Waals surface area contributed by atoms with Gasteiger partial charge < -0.3 is 15.0 Å². The van der Waals surface area contributed by atoms with Crippen molar-refractivity contribution >= 4 is 6.16 Å². The maximum absolute atomic E-state index is 12.6. The van der Waals surface area contributed by atoms with Gasteiger partial charge in [-0.15, -0.1) is 0 Å². The molecule has 2 aromatic rings. The third kappa shape index (κ3) is 6.91. The second-order valence-corrected chi connectivity index (χ2v) is 3.28. The molecule has 3 nitrogen and oxygen atoms in total. The third-order valence-corrected chi connectivity index (χ3v) is 2.02. The summed E-state index contributed by atoms with van der Waals surface area (Å²) in [5, 5.41) is 15.3. The van der Waals surface area contributed by atoms with Crippen molar-refractivity contribution in [2.24, 2.45) is 0 Å². The van der Waals surface area contributed by atoms with Crippen LogP contribution in [0.5, 0.6) is 0 Å². The van der Waals surface area contributed by atoms with E-state index in [9.17, 15) is 8.78 Å². The van der Waals surface area contributed by atoms with Crippen LogP contribution in [0.2, 0.25) is 0 Å². The fourth-order valence-corrected chi connectivity index (χ4v) is 1.28. The molecule has 0 spiro atoms. The Morgan fingerprint density at radius 3 is 1.26 bits per heavy atom. The van der Waals surface area contributed by atoms with E-state index in [2.05, 4.69) is 0 Å². The summed E-state index contributed by atoms with van der Waals surface area (Å²) in [6, 6.07) is 12.2. The van der Waals surface area contributed by atoms with Crippen LogP contribution in [-0.2, 0) is 0 Å². The number of hydrogen-bond donors (Lipinski definition) is 1. The molecule has 0 amide bonds. The second kappa shape index (κ2) is 8.63. The maximum atomic E-state index is 12.6. The minimum Gasteiger partial charge on any atom is -0.565 e. The summed E-state index contributed by atoms with van der Waals surface area (Å²) < 4.78 is 25.2. The van der Waals surface area contributed by atoms with Crippen molar-refractivity contribution in [2.45, 2.75) is 0 Å². The Morgan fingerprint density at radius 2 is 1.05 bits per heavy atom. The standard InChI is InChI=1S/C12H8F2.CH2O3.Na/c13-11-5-1-9(2-6-11)10-3-7-12(14)8-4-10;2-1(3)4;/h1-8H;(H2,2,3,4);/q;;+1/p-1. The molecule has 2 rings (SSSR count). The minimum absolute atomic E-state index is 0. The van der Waals surface area contributed by atoms with Crippen molar-refractivity contribution < 1.29 is 53.3 Å². The third-order valence-electron chi connectivity index (χ3n) is 2.02. The SMILES string of the molecule is Fc1ccc(-c2ccc(F)cc2)cc1.O=C([O-])O.[Na+]. The summed E-state index contributed by atoms with van der Waals surface area (Å²) in [5.74, 6) is -0.535. The van der Waals surface area contributed by atoms with Crippen molar-refractivity contribution in [3.63, 3.8) is 0 Å². The topological polar surface area (TPSA) is 60.4 Å². The van der Waals surface area contributed by atoms with E-state index in [0.29, 0.717) is 0 Å². The van der Waals surface area contributed by atoms with E-state index < -0.39 is 6.16 Å². The molecule has 0 fully saturated rings. The number of rotatable bonds is 1. The molecule has 0 saturated carbocycles. The van der Waals surface area contributed by atoms with E-state index in [4.69, 9.17) is 15.0 Å². The van der Waals surface area contributed by atoms with Crippen LogP contribution in [0, 0.1) is 11.6 Å². The molecule has 1 N–H and O–H groups in total. The zero-order valence-electron chi connectivity index (χ0n) is 10.1. The van der Waals surface area contributed by atoms with Gasteiger partial charge in [-0.1, -0.05) is 24.3 Å². The first-order chi connectivity index (χ1) is 8.49. The Morgan fingerprint density at radius 1 is 0.842 bits per heavy atom. The molecule has 2 aromatic carbocycles. The van der Waals surface area contributed by atoms with Crippen LogP contribution in [0.1, 0.15) is 0 Å². The van der Waals surface area contributed by atoms with E-state index >= 15 is 0 Å². The van der Waals surface area contributed by atoms with Crippen LogP contribution >= 0.6 is 0 Å². The molecule has 19 heavy (non-hydrogen) atoms. The predicted octanol–water partition coefficient (Wildman–Crippen LogP) is -0.476. The van der Waals surface area contributed by atoms with Crippen LogP contribution in [-0.4, -0.2) is 11.3 Å². The molecule has 0 aliphatic carbocycles. The zero-order valence-corrected chi connectivity index (χ0v) is 12.1.